The van der Waals surface area contributed by atoms with Gasteiger partial charge in [-0.2, -0.15) is 0 Å². The molecule has 1 aromatic carbocycles. The van der Waals surface area contributed by atoms with Crippen LogP contribution in [0.5, 0.6) is 0 Å². The smallest absolute Gasteiger partial charge is 0.328 e. The van der Waals surface area contributed by atoms with Crippen molar-refractivity contribution in [2.75, 3.05) is 13.7 Å². The van der Waals surface area contributed by atoms with E-state index in [0.29, 0.717) is 6.54 Å². The summed E-state index contributed by atoms with van der Waals surface area (Å²) in [6.07, 6.45) is 0.129. The first-order valence-corrected chi connectivity index (χ1v) is 6.81. The second kappa shape index (κ2) is 4.87. The van der Waals surface area contributed by atoms with Gasteiger partial charge in [0.1, 0.15) is 11.5 Å². The molecule has 0 saturated carbocycles. The van der Waals surface area contributed by atoms with Crippen molar-refractivity contribution in [3.8, 4) is 0 Å². The number of ether oxygens (including phenoxy) is 1. The van der Waals surface area contributed by atoms with Gasteiger partial charge in [0.15, 0.2) is 0 Å². The first-order valence-electron chi connectivity index (χ1n) is 6.81. The number of amides is 2. The molecule has 1 spiro atoms. The van der Waals surface area contributed by atoms with Gasteiger partial charge < -0.3 is 15.4 Å². The summed E-state index contributed by atoms with van der Waals surface area (Å²) in [4.78, 5) is 36.4. The largest absolute Gasteiger partial charge is 0.467 e. The van der Waals surface area contributed by atoms with Gasteiger partial charge in [0.25, 0.3) is 0 Å². The zero-order valence-electron chi connectivity index (χ0n) is 11.6. The van der Waals surface area contributed by atoms with Gasteiger partial charge in [-0.3, -0.25) is 9.59 Å². The molecule has 3 rings (SSSR count). The van der Waals surface area contributed by atoms with Crippen molar-refractivity contribution in [3.05, 3.63) is 35.9 Å². The van der Waals surface area contributed by atoms with Crippen LogP contribution in [-0.4, -0.2) is 37.5 Å². The van der Waals surface area contributed by atoms with Gasteiger partial charge in [-0.05, 0) is 5.56 Å². The summed E-state index contributed by atoms with van der Waals surface area (Å²) in [6.45, 7) is 0.393. The van der Waals surface area contributed by atoms with Gasteiger partial charge in [-0.15, -0.1) is 0 Å². The number of rotatable bonds is 2. The molecule has 0 aromatic heterocycles. The zero-order valence-corrected chi connectivity index (χ0v) is 11.6. The Bertz CT molecular complexity index is 601. The number of benzene rings is 1. The van der Waals surface area contributed by atoms with E-state index in [1.807, 2.05) is 30.3 Å². The van der Waals surface area contributed by atoms with E-state index >= 15 is 0 Å². The molecule has 0 unspecified atom stereocenters. The molecule has 21 heavy (non-hydrogen) atoms. The number of esters is 1. The minimum Gasteiger partial charge on any atom is -0.467 e. The Morgan fingerprint density at radius 1 is 1.24 bits per heavy atom. The Morgan fingerprint density at radius 3 is 2.62 bits per heavy atom. The summed E-state index contributed by atoms with van der Waals surface area (Å²) in [5, 5.41) is 5.35. The molecular weight excluding hydrogens is 272 g/mol. The molecule has 0 aliphatic carbocycles. The molecule has 2 aliphatic heterocycles. The summed E-state index contributed by atoms with van der Waals surface area (Å²) in [7, 11) is 1.27. The normalized spacial score (nSPS) is 31.1. The number of carbonyl (C=O) groups excluding carboxylic acids is 3. The standard InChI is InChI=1S/C15H16N2O4/c1-21-12(18)11-7-15(14(20)17-11)10(8-16-13(15)19)9-5-3-2-4-6-9/h2-6,10-11H,7-8H2,1H3,(H,16,19)(H,17,20)/t10-,11-,15-/m0/s1. The Hall–Kier alpha value is -2.37. The van der Waals surface area contributed by atoms with E-state index in [1.165, 1.54) is 7.11 Å². The lowest BCUT2D eigenvalue weighted by Gasteiger charge is -2.25. The number of methoxy groups -OCH3 is 1. The van der Waals surface area contributed by atoms with E-state index in [0.717, 1.165) is 5.56 Å². The first kappa shape index (κ1) is 13.6. The van der Waals surface area contributed by atoms with Gasteiger partial charge >= 0.3 is 5.97 Å². The number of hydrogen-bond acceptors (Lipinski definition) is 4. The average Bonchev–Trinajstić information content (AvgIpc) is 3.02. The molecule has 2 amide bonds. The van der Waals surface area contributed by atoms with Crippen LogP contribution >= 0.6 is 0 Å². The molecule has 2 aliphatic rings. The molecule has 110 valence electrons. The Morgan fingerprint density at radius 2 is 1.95 bits per heavy atom. The number of hydrogen-bond donors (Lipinski definition) is 2. The van der Waals surface area contributed by atoms with E-state index in [2.05, 4.69) is 15.4 Å². The maximum absolute atomic E-state index is 12.4. The highest BCUT2D eigenvalue weighted by Crippen LogP contribution is 2.46. The van der Waals surface area contributed by atoms with Gasteiger partial charge in [-0.1, -0.05) is 30.3 Å². The molecule has 0 bridgehead atoms. The van der Waals surface area contributed by atoms with E-state index in [1.54, 1.807) is 0 Å². The molecule has 0 radical (unpaired) electrons. The maximum Gasteiger partial charge on any atom is 0.328 e. The van der Waals surface area contributed by atoms with E-state index < -0.39 is 23.3 Å². The van der Waals surface area contributed by atoms with Crippen molar-refractivity contribution >= 4 is 17.8 Å². The lowest BCUT2D eigenvalue weighted by Crippen LogP contribution is -2.41. The Labute approximate surface area is 121 Å². The maximum atomic E-state index is 12.4. The van der Waals surface area contributed by atoms with Gasteiger partial charge in [-0.25, -0.2) is 4.79 Å². The highest BCUT2D eigenvalue weighted by molar-refractivity contribution is 6.11. The molecule has 3 atom stereocenters. The summed E-state index contributed by atoms with van der Waals surface area (Å²) < 4.78 is 4.68. The third-order valence-corrected chi connectivity index (χ3v) is 4.39. The number of nitrogens with one attached hydrogen (secondary N) is 2. The summed E-state index contributed by atoms with van der Waals surface area (Å²) >= 11 is 0. The van der Waals surface area contributed by atoms with Crippen LogP contribution in [0.2, 0.25) is 0 Å². The van der Waals surface area contributed by atoms with Crippen molar-refractivity contribution in [2.45, 2.75) is 18.4 Å². The molecule has 6 nitrogen and oxygen atoms in total. The molecule has 2 saturated heterocycles. The lowest BCUT2D eigenvalue weighted by molar-refractivity contribution is -0.143. The van der Waals surface area contributed by atoms with Crippen LogP contribution in [0.25, 0.3) is 0 Å². The zero-order chi connectivity index (χ0) is 15.0. The minimum atomic E-state index is -1.22. The van der Waals surface area contributed by atoms with Crippen LogP contribution in [0.1, 0.15) is 17.9 Å². The predicted octanol–water partition coefficient (Wildman–Crippen LogP) is -0.0521. The quantitative estimate of drug-likeness (QED) is 0.590. The monoisotopic (exact) mass is 288 g/mol. The van der Waals surface area contributed by atoms with E-state index in [4.69, 9.17) is 0 Å². The van der Waals surface area contributed by atoms with Crippen molar-refractivity contribution in [1.29, 1.82) is 0 Å². The average molecular weight is 288 g/mol. The fourth-order valence-electron chi connectivity index (χ4n) is 3.31. The third kappa shape index (κ3) is 1.90. The lowest BCUT2D eigenvalue weighted by atomic mass is 9.72. The van der Waals surface area contributed by atoms with Crippen LogP contribution in [0.4, 0.5) is 0 Å². The molecule has 2 fully saturated rings. The molecule has 2 N–H and O–H groups in total. The van der Waals surface area contributed by atoms with Gasteiger partial charge in [0.05, 0.1) is 7.11 Å². The van der Waals surface area contributed by atoms with Crippen molar-refractivity contribution in [3.63, 3.8) is 0 Å². The van der Waals surface area contributed by atoms with Crippen LogP contribution in [0.3, 0.4) is 0 Å². The number of carbonyl (C=O) groups is 3. The summed E-state index contributed by atoms with van der Waals surface area (Å²) in [5.74, 6) is -1.52. The van der Waals surface area contributed by atoms with Crippen molar-refractivity contribution < 1.29 is 19.1 Å². The van der Waals surface area contributed by atoms with Crippen molar-refractivity contribution in [1.82, 2.24) is 10.6 Å². The second-order valence-corrected chi connectivity index (χ2v) is 5.40. The molecule has 2 heterocycles. The fourth-order valence-corrected chi connectivity index (χ4v) is 3.31. The first-order chi connectivity index (χ1) is 10.1. The van der Waals surface area contributed by atoms with Crippen LogP contribution in [0, 0.1) is 5.41 Å². The highest BCUT2D eigenvalue weighted by Gasteiger charge is 2.62. The molecular formula is C15H16N2O4. The molecule has 1 aromatic rings. The van der Waals surface area contributed by atoms with Crippen LogP contribution in [0.15, 0.2) is 30.3 Å². The van der Waals surface area contributed by atoms with Crippen LogP contribution < -0.4 is 10.6 Å². The van der Waals surface area contributed by atoms with Crippen LogP contribution in [-0.2, 0) is 19.1 Å². The topological polar surface area (TPSA) is 84.5 Å². The third-order valence-electron chi connectivity index (χ3n) is 4.39. The summed E-state index contributed by atoms with van der Waals surface area (Å²) in [6, 6.07) is 8.65. The second-order valence-electron chi connectivity index (χ2n) is 5.40. The predicted molar refractivity (Wildman–Crippen MR) is 73.2 cm³/mol. The van der Waals surface area contributed by atoms with Gasteiger partial charge in [0.2, 0.25) is 11.8 Å². The molecule has 6 heteroatoms. The SMILES string of the molecule is COC(=O)[C@@H]1C[C@]2(C(=O)NC[C@H]2c2ccccc2)C(=O)N1. The van der Waals surface area contributed by atoms with E-state index in [9.17, 15) is 14.4 Å². The Kier molecular flexibility index (Phi) is 3.16. The fraction of sp³-hybridized carbons (Fsp3) is 0.400. The van der Waals surface area contributed by atoms with Gasteiger partial charge in [0, 0.05) is 18.9 Å². The van der Waals surface area contributed by atoms with E-state index in [-0.39, 0.29) is 18.2 Å². The van der Waals surface area contributed by atoms with Crippen molar-refractivity contribution in [2.24, 2.45) is 5.41 Å². The highest BCUT2D eigenvalue weighted by atomic mass is 16.5. The summed E-state index contributed by atoms with van der Waals surface area (Å²) in [5.41, 5.74) is -0.309. The minimum absolute atomic E-state index is 0.129. The Balaban J connectivity index is 1.99.